The number of hydrogen-bond acceptors (Lipinski definition) is 8. The molecule has 4 amide bonds. The number of thioether (sulfide) groups is 1. The molecular weight excluding hydrogens is 508 g/mol. The number of likely N-dealkylation sites (tertiary alicyclic amines) is 2. The highest BCUT2D eigenvalue weighted by molar-refractivity contribution is 8.00. The van der Waals surface area contributed by atoms with Gasteiger partial charge in [0.05, 0.1) is 17.8 Å². The van der Waals surface area contributed by atoms with E-state index in [1.807, 2.05) is 0 Å². The molecule has 4 N–H and O–H groups in total. The lowest BCUT2D eigenvalue weighted by molar-refractivity contribution is -0.147. The van der Waals surface area contributed by atoms with Crippen LogP contribution in [0.2, 0.25) is 0 Å². The molecule has 0 unspecified atom stereocenters. The average molecular weight is 537 g/mol. The van der Waals surface area contributed by atoms with Gasteiger partial charge in [0.2, 0.25) is 17.7 Å². The number of carboxylic acid groups (broad SMARTS) is 2. The number of furan rings is 1. The van der Waals surface area contributed by atoms with Crippen molar-refractivity contribution >= 4 is 47.3 Å². The predicted octanol–water partition coefficient (Wildman–Crippen LogP) is -0.623. The lowest BCUT2D eigenvalue weighted by atomic mass is 10.1. The van der Waals surface area contributed by atoms with Crippen LogP contribution in [0.1, 0.15) is 36.2 Å². The largest absolute Gasteiger partial charge is 0.480 e. The number of carboxylic acids is 2. The van der Waals surface area contributed by atoms with Crippen molar-refractivity contribution < 1.29 is 43.4 Å². The second kappa shape index (κ2) is 11.2. The zero-order valence-corrected chi connectivity index (χ0v) is 20.6. The summed E-state index contributed by atoms with van der Waals surface area (Å²) >= 11 is 0.956. The fourth-order valence-electron chi connectivity index (χ4n) is 4.62. The number of aliphatic carboxylic acids is 2. The van der Waals surface area contributed by atoms with Gasteiger partial charge in [-0.25, -0.2) is 9.59 Å². The molecule has 14 heteroatoms. The van der Waals surface area contributed by atoms with Gasteiger partial charge in [0.1, 0.15) is 12.1 Å². The number of amides is 4. The highest BCUT2D eigenvalue weighted by atomic mass is 32.2. The Balaban J connectivity index is 1.27. The Bertz CT molecular complexity index is 1070. The summed E-state index contributed by atoms with van der Waals surface area (Å²) in [6, 6.07) is -0.215. The van der Waals surface area contributed by atoms with E-state index in [1.54, 1.807) is 6.07 Å². The van der Waals surface area contributed by atoms with E-state index in [1.165, 1.54) is 17.2 Å². The quantitative estimate of drug-likeness (QED) is 0.300. The Morgan fingerprint density at radius 3 is 1.89 bits per heavy atom. The number of nitrogens with zero attached hydrogens (tertiary/aromatic N) is 2. The van der Waals surface area contributed by atoms with Crippen molar-refractivity contribution in [3.05, 3.63) is 24.2 Å². The molecule has 1 aromatic heterocycles. The number of carbonyl (C=O) groups excluding carboxylic acids is 4. The normalized spacial score (nSPS) is 25.1. The molecule has 2 aliphatic heterocycles. The molecule has 4 atom stereocenters. The molecule has 0 aromatic carbocycles. The standard InChI is InChI=1S/C23H28N4O9S/c28-18(26-8-13(6-15(26)22(32)33)24-20(30)12-3-4-12)10-37-11-19(29)27-9-14(7-16(27)23(34)35)25-21(31)17-2-1-5-36-17/h1-2,5,12-16H,3-4,6-11H2,(H,24,30)(H,25,31)(H,32,33)(H,34,35)/t13-,14-,15-,16-/m0/s1. The Labute approximate surface area is 215 Å². The van der Waals surface area contributed by atoms with Crippen molar-refractivity contribution in [3.8, 4) is 0 Å². The first-order valence-corrected chi connectivity index (χ1v) is 13.1. The van der Waals surface area contributed by atoms with Gasteiger partial charge in [0.25, 0.3) is 5.91 Å². The van der Waals surface area contributed by atoms with Crippen molar-refractivity contribution in [3.63, 3.8) is 0 Å². The van der Waals surface area contributed by atoms with Crippen LogP contribution in [0.3, 0.4) is 0 Å². The zero-order chi connectivity index (χ0) is 26.7. The van der Waals surface area contributed by atoms with Gasteiger partial charge in [-0.05, 0) is 25.0 Å². The van der Waals surface area contributed by atoms with E-state index in [-0.39, 0.29) is 55.0 Å². The second-order valence-electron chi connectivity index (χ2n) is 9.39. The van der Waals surface area contributed by atoms with Gasteiger partial charge >= 0.3 is 11.9 Å². The molecule has 4 rings (SSSR count). The number of hydrogen-bond donors (Lipinski definition) is 4. The average Bonchev–Trinajstić information content (AvgIpc) is 3.23. The summed E-state index contributed by atoms with van der Waals surface area (Å²) in [7, 11) is 0. The van der Waals surface area contributed by atoms with Crippen molar-refractivity contribution in [2.45, 2.75) is 49.9 Å². The molecule has 13 nitrogen and oxygen atoms in total. The molecule has 0 radical (unpaired) electrons. The van der Waals surface area contributed by atoms with E-state index in [9.17, 15) is 39.0 Å². The summed E-state index contributed by atoms with van der Waals surface area (Å²) < 4.78 is 5.03. The zero-order valence-electron chi connectivity index (χ0n) is 19.8. The van der Waals surface area contributed by atoms with Crippen LogP contribution in [0.15, 0.2) is 22.8 Å². The lowest BCUT2D eigenvalue weighted by Gasteiger charge is -2.23. The highest BCUT2D eigenvalue weighted by Gasteiger charge is 2.42. The smallest absolute Gasteiger partial charge is 0.326 e. The molecule has 1 saturated carbocycles. The summed E-state index contributed by atoms with van der Waals surface area (Å²) in [4.78, 5) is 75.5. The minimum Gasteiger partial charge on any atom is -0.480 e. The minimum atomic E-state index is -1.20. The fraction of sp³-hybridized carbons (Fsp3) is 0.565. The van der Waals surface area contributed by atoms with Crippen LogP contribution in [0.25, 0.3) is 0 Å². The van der Waals surface area contributed by atoms with Gasteiger partial charge in [0.15, 0.2) is 5.76 Å². The van der Waals surface area contributed by atoms with Crippen LogP contribution in [-0.4, -0.2) is 104 Å². The molecule has 37 heavy (non-hydrogen) atoms. The van der Waals surface area contributed by atoms with Crippen molar-refractivity contribution in [2.75, 3.05) is 24.6 Å². The topological polar surface area (TPSA) is 187 Å². The van der Waals surface area contributed by atoms with Gasteiger partial charge < -0.3 is 35.1 Å². The van der Waals surface area contributed by atoms with E-state index in [0.29, 0.717) is 0 Å². The van der Waals surface area contributed by atoms with E-state index in [4.69, 9.17) is 4.42 Å². The van der Waals surface area contributed by atoms with Crippen LogP contribution in [0.4, 0.5) is 0 Å². The van der Waals surface area contributed by atoms with Gasteiger partial charge in [-0.3, -0.25) is 19.2 Å². The van der Waals surface area contributed by atoms with Crippen LogP contribution in [0.5, 0.6) is 0 Å². The van der Waals surface area contributed by atoms with Crippen molar-refractivity contribution in [1.29, 1.82) is 0 Å². The molecule has 3 heterocycles. The van der Waals surface area contributed by atoms with Crippen LogP contribution >= 0.6 is 11.8 Å². The summed E-state index contributed by atoms with van der Waals surface area (Å²) in [5.41, 5.74) is 0. The van der Waals surface area contributed by atoms with Crippen molar-refractivity contribution in [2.24, 2.45) is 5.92 Å². The van der Waals surface area contributed by atoms with Gasteiger partial charge in [0, 0.05) is 43.9 Å². The van der Waals surface area contributed by atoms with E-state index in [2.05, 4.69) is 10.6 Å². The third-order valence-corrected chi connectivity index (χ3v) is 7.54. The SMILES string of the molecule is O=C(N[C@H]1C[C@@H](C(=O)O)N(C(=O)CSCC(=O)N2C[C@@H](NC(=O)C3CC3)C[C@H]2C(=O)O)C1)c1ccco1. The summed E-state index contributed by atoms with van der Waals surface area (Å²) in [5, 5.41) is 24.6. The van der Waals surface area contributed by atoms with Gasteiger partial charge in [-0.1, -0.05) is 0 Å². The maximum Gasteiger partial charge on any atom is 0.326 e. The maximum atomic E-state index is 12.8. The summed E-state index contributed by atoms with van der Waals surface area (Å²) in [6.07, 6.45) is 3.10. The Morgan fingerprint density at radius 2 is 1.43 bits per heavy atom. The predicted molar refractivity (Wildman–Crippen MR) is 127 cm³/mol. The third-order valence-electron chi connectivity index (χ3n) is 6.64. The van der Waals surface area contributed by atoms with Crippen LogP contribution in [0, 0.1) is 5.92 Å². The third kappa shape index (κ3) is 6.42. The lowest BCUT2D eigenvalue weighted by Crippen LogP contribution is -2.43. The molecule has 1 aromatic rings. The fourth-order valence-corrected chi connectivity index (χ4v) is 5.40. The van der Waals surface area contributed by atoms with Crippen molar-refractivity contribution in [1.82, 2.24) is 20.4 Å². The number of nitrogens with one attached hydrogen (secondary N) is 2. The molecule has 3 aliphatic rings. The first-order valence-electron chi connectivity index (χ1n) is 11.9. The summed E-state index contributed by atoms with van der Waals surface area (Å²) in [5.74, 6) is -4.33. The van der Waals surface area contributed by atoms with Gasteiger partial charge in [-0.15, -0.1) is 11.8 Å². The highest BCUT2D eigenvalue weighted by Crippen LogP contribution is 2.30. The minimum absolute atomic E-state index is 0.00760. The molecule has 1 aliphatic carbocycles. The first-order chi connectivity index (χ1) is 17.6. The molecule has 0 spiro atoms. The maximum absolute atomic E-state index is 12.8. The van der Waals surface area contributed by atoms with Crippen LogP contribution < -0.4 is 10.6 Å². The Morgan fingerprint density at radius 1 is 0.892 bits per heavy atom. The van der Waals surface area contributed by atoms with E-state index >= 15 is 0 Å². The van der Waals surface area contributed by atoms with E-state index in [0.717, 1.165) is 29.5 Å². The van der Waals surface area contributed by atoms with E-state index < -0.39 is 53.8 Å². The molecule has 0 bridgehead atoms. The second-order valence-corrected chi connectivity index (χ2v) is 10.4. The summed E-state index contributed by atoms with van der Waals surface area (Å²) in [6.45, 7) is 0.0688. The Hall–Kier alpha value is -3.55. The van der Waals surface area contributed by atoms with Crippen LogP contribution in [-0.2, 0) is 24.0 Å². The molecular formula is C23H28N4O9S. The van der Waals surface area contributed by atoms with Gasteiger partial charge in [-0.2, -0.15) is 0 Å². The monoisotopic (exact) mass is 536 g/mol. The molecule has 200 valence electrons. The first kappa shape index (κ1) is 26.5. The Kier molecular flexibility index (Phi) is 8.05. The number of rotatable bonds is 10. The molecule has 2 saturated heterocycles. The number of carbonyl (C=O) groups is 6. The molecule has 3 fully saturated rings.